The predicted molar refractivity (Wildman–Crippen MR) is 79.8 cm³/mol. The molecule has 1 rings (SSSR count). The smallest absolute Gasteiger partial charge is 0.227 e. The molecule has 106 valence electrons. The molecule has 1 aliphatic rings. The number of hydrogen-bond acceptors (Lipinski definition) is 3. The summed E-state index contributed by atoms with van der Waals surface area (Å²) < 4.78 is 0. The van der Waals surface area contributed by atoms with Crippen LogP contribution in [0, 0.1) is 5.41 Å². The number of hydrogen-bond donors (Lipinski definition) is 2. The van der Waals surface area contributed by atoms with Gasteiger partial charge >= 0.3 is 0 Å². The number of carbonyl (C=O) groups is 1. The van der Waals surface area contributed by atoms with Gasteiger partial charge in [0.05, 0.1) is 5.41 Å². The van der Waals surface area contributed by atoms with Gasteiger partial charge in [-0.2, -0.15) is 11.8 Å². The van der Waals surface area contributed by atoms with Crippen molar-refractivity contribution in [2.24, 2.45) is 11.1 Å². The summed E-state index contributed by atoms with van der Waals surface area (Å²) in [5.74, 6) is 2.49. The lowest BCUT2D eigenvalue weighted by atomic mass is 9.79. The van der Waals surface area contributed by atoms with E-state index in [1.54, 1.807) is 0 Å². The lowest BCUT2D eigenvalue weighted by Crippen LogP contribution is -2.46. The highest BCUT2D eigenvalue weighted by atomic mass is 32.2. The highest BCUT2D eigenvalue weighted by molar-refractivity contribution is 7.99. The molecule has 1 amide bonds. The summed E-state index contributed by atoms with van der Waals surface area (Å²) in [5, 5.41) is 3.10. The van der Waals surface area contributed by atoms with Crippen molar-refractivity contribution in [2.45, 2.75) is 51.9 Å². The third-order valence-corrected chi connectivity index (χ3v) is 4.87. The molecule has 3 nitrogen and oxygen atoms in total. The van der Waals surface area contributed by atoms with Gasteiger partial charge in [0.2, 0.25) is 5.91 Å². The monoisotopic (exact) mass is 272 g/mol. The Morgan fingerprint density at radius 2 is 1.94 bits per heavy atom. The highest BCUT2D eigenvalue weighted by Gasteiger charge is 2.36. The summed E-state index contributed by atoms with van der Waals surface area (Å²) in [6, 6.07) is 0. The third-order valence-electron chi connectivity index (χ3n) is 3.89. The largest absolute Gasteiger partial charge is 0.356 e. The van der Waals surface area contributed by atoms with Gasteiger partial charge in [0.15, 0.2) is 0 Å². The maximum atomic E-state index is 12.3. The fourth-order valence-corrected chi connectivity index (χ4v) is 3.27. The number of rotatable bonds is 7. The van der Waals surface area contributed by atoms with E-state index in [1.807, 2.05) is 11.8 Å². The fourth-order valence-electron chi connectivity index (χ4n) is 2.64. The van der Waals surface area contributed by atoms with Crippen molar-refractivity contribution in [2.75, 3.05) is 24.6 Å². The summed E-state index contributed by atoms with van der Waals surface area (Å²) >= 11 is 1.93. The zero-order chi connectivity index (χ0) is 13.3. The van der Waals surface area contributed by atoms with Gasteiger partial charge in [0.25, 0.3) is 0 Å². The van der Waals surface area contributed by atoms with Gasteiger partial charge in [-0.3, -0.25) is 4.79 Å². The van der Waals surface area contributed by atoms with Crippen LogP contribution >= 0.6 is 11.8 Å². The van der Waals surface area contributed by atoms with E-state index in [2.05, 4.69) is 12.2 Å². The minimum atomic E-state index is -0.269. The first-order valence-electron chi connectivity index (χ1n) is 7.31. The first-order valence-corrected chi connectivity index (χ1v) is 8.47. The Morgan fingerprint density at radius 3 is 2.50 bits per heavy atom. The van der Waals surface area contributed by atoms with Crippen LogP contribution in [0.2, 0.25) is 0 Å². The molecule has 0 aliphatic heterocycles. The lowest BCUT2D eigenvalue weighted by molar-refractivity contribution is -0.131. The number of amides is 1. The average Bonchev–Trinajstić information content (AvgIpc) is 2.64. The molecule has 4 heteroatoms. The Kier molecular flexibility index (Phi) is 7.75. The summed E-state index contributed by atoms with van der Waals surface area (Å²) in [7, 11) is 0. The predicted octanol–water partition coefficient (Wildman–Crippen LogP) is 2.55. The van der Waals surface area contributed by atoms with Crippen molar-refractivity contribution in [3.8, 4) is 0 Å². The zero-order valence-corrected chi connectivity index (χ0v) is 12.5. The van der Waals surface area contributed by atoms with Crippen molar-refractivity contribution in [3.05, 3.63) is 0 Å². The van der Waals surface area contributed by atoms with Gasteiger partial charge in [-0.25, -0.2) is 0 Å². The second-order valence-corrected chi connectivity index (χ2v) is 6.60. The van der Waals surface area contributed by atoms with Crippen molar-refractivity contribution in [1.82, 2.24) is 5.32 Å². The van der Waals surface area contributed by atoms with Crippen LogP contribution < -0.4 is 11.1 Å². The first kappa shape index (κ1) is 15.8. The minimum Gasteiger partial charge on any atom is -0.356 e. The molecular weight excluding hydrogens is 244 g/mol. The Bertz CT molecular complexity index is 238. The van der Waals surface area contributed by atoms with E-state index < -0.39 is 0 Å². The van der Waals surface area contributed by atoms with Gasteiger partial charge in [-0.15, -0.1) is 0 Å². The molecular formula is C14H28N2OS. The molecule has 0 aromatic rings. The molecule has 1 saturated carbocycles. The average molecular weight is 272 g/mol. The molecule has 0 radical (unpaired) electrons. The molecule has 0 aromatic heterocycles. The van der Waals surface area contributed by atoms with Crippen LogP contribution in [0.3, 0.4) is 0 Å². The number of carbonyl (C=O) groups excluding carboxylic acids is 1. The normalized spacial score (nSPS) is 19.2. The standard InChI is InChI=1S/C14H28N2OS/c1-2-18-11-7-10-16-13(17)14(12-15)8-5-3-4-6-9-14/h2-12,15H2,1H3,(H,16,17). The van der Waals surface area contributed by atoms with E-state index in [9.17, 15) is 4.79 Å². The maximum Gasteiger partial charge on any atom is 0.227 e. The molecule has 0 aromatic carbocycles. The number of nitrogens with two attached hydrogens (primary N) is 1. The van der Waals surface area contributed by atoms with E-state index in [1.165, 1.54) is 12.8 Å². The van der Waals surface area contributed by atoms with Crippen molar-refractivity contribution < 1.29 is 4.79 Å². The first-order chi connectivity index (χ1) is 8.75. The van der Waals surface area contributed by atoms with Crippen molar-refractivity contribution in [3.63, 3.8) is 0 Å². The van der Waals surface area contributed by atoms with E-state index in [0.29, 0.717) is 6.54 Å². The summed E-state index contributed by atoms with van der Waals surface area (Å²) in [6.45, 7) is 3.47. The van der Waals surface area contributed by atoms with E-state index >= 15 is 0 Å². The van der Waals surface area contributed by atoms with Gasteiger partial charge in [0, 0.05) is 13.1 Å². The van der Waals surface area contributed by atoms with Crippen LogP contribution in [-0.2, 0) is 4.79 Å². The molecule has 0 atom stereocenters. The molecule has 18 heavy (non-hydrogen) atoms. The van der Waals surface area contributed by atoms with Gasteiger partial charge in [-0.1, -0.05) is 32.6 Å². The third kappa shape index (κ3) is 4.81. The number of thioether (sulfide) groups is 1. The van der Waals surface area contributed by atoms with Crippen LogP contribution in [0.1, 0.15) is 51.9 Å². The van der Waals surface area contributed by atoms with Crippen LogP contribution in [0.4, 0.5) is 0 Å². The Balaban J connectivity index is 2.35. The van der Waals surface area contributed by atoms with Crippen LogP contribution in [-0.4, -0.2) is 30.5 Å². The van der Waals surface area contributed by atoms with Crippen molar-refractivity contribution >= 4 is 17.7 Å². The highest BCUT2D eigenvalue weighted by Crippen LogP contribution is 2.34. The van der Waals surface area contributed by atoms with Crippen molar-refractivity contribution in [1.29, 1.82) is 0 Å². The fraction of sp³-hybridized carbons (Fsp3) is 0.929. The molecule has 0 saturated heterocycles. The molecule has 0 unspecified atom stereocenters. The van der Waals surface area contributed by atoms with Gasteiger partial charge < -0.3 is 11.1 Å². The lowest BCUT2D eigenvalue weighted by Gasteiger charge is -2.29. The quantitative estimate of drug-likeness (QED) is 0.553. The van der Waals surface area contributed by atoms with E-state index in [0.717, 1.165) is 50.2 Å². The molecule has 0 spiro atoms. The van der Waals surface area contributed by atoms with Crippen LogP contribution in [0.25, 0.3) is 0 Å². The summed E-state index contributed by atoms with van der Waals surface area (Å²) in [5.41, 5.74) is 5.63. The second kappa shape index (κ2) is 8.81. The summed E-state index contributed by atoms with van der Waals surface area (Å²) in [6.07, 6.45) is 7.81. The van der Waals surface area contributed by atoms with Crippen LogP contribution in [0.5, 0.6) is 0 Å². The summed E-state index contributed by atoms with van der Waals surface area (Å²) in [4.78, 5) is 12.3. The number of nitrogens with one attached hydrogen (secondary N) is 1. The van der Waals surface area contributed by atoms with Crippen LogP contribution in [0.15, 0.2) is 0 Å². The molecule has 3 N–H and O–H groups in total. The molecule has 1 fully saturated rings. The Hall–Kier alpha value is -0.220. The SMILES string of the molecule is CCSCCCNC(=O)C1(CN)CCCCCC1. The second-order valence-electron chi connectivity index (χ2n) is 5.21. The minimum absolute atomic E-state index is 0.202. The van der Waals surface area contributed by atoms with Gasteiger partial charge in [-0.05, 0) is 30.8 Å². The molecule has 1 aliphatic carbocycles. The molecule has 0 bridgehead atoms. The maximum absolute atomic E-state index is 12.3. The Morgan fingerprint density at radius 1 is 1.28 bits per heavy atom. The Labute approximate surface area is 116 Å². The zero-order valence-electron chi connectivity index (χ0n) is 11.7. The molecule has 0 heterocycles. The van der Waals surface area contributed by atoms with E-state index in [4.69, 9.17) is 5.73 Å². The van der Waals surface area contributed by atoms with Gasteiger partial charge in [0.1, 0.15) is 0 Å². The topological polar surface area (TPSA) is 55.1 Å². The van der Waals surface area contributed by atoms with E-state index in [-0.39, 0.29) is 11.3 Å².